The van der Waals surface area contributed by atoms with Crippen molar-refractivity contribution in [2.24, 2.45) is 0 Å². The predicted molar refractivity (Wildman–Crippen MR) is 303 cm³/mol. The monoisotopic (exact) mass is 1120 g/mol. The van der Waals surface area contributed by atoms with Crippen molar-refractivity contribution in [3.05, 3.63) is 96.2 Å². The lowest BCUT2D eigenvalue weighted by atomic mass is 9.98. The highest BCUT2D eigenvalue weighted by molar-refractivity contribution is 5.94. The molecule has 0 saturated heterocycles. The highest BCUT2D eigenvalue weighted by atomic mass is 16.6. The number of benzene rings is 2. The molecule has 4 rings (SSSR count). The Kier molecular flexibility index (Phi) is 31.2. The van der Waals surface area contributed by atoms with Gasteiger partial charge in [0.1, 0.15) is 30.7 Å². The van der Waals surface area contributed by atoms with Crippen LogP contribution in [-0.4, -0.2) is 144 Å². The van der Waals surface area contributed by atoms with E-state index in [1.807, 2.05) is 36.4 Å². The number of ether oxygens (including phenoxy) is 6. The van der Waals surface area contributed by atoms with E-state index >= 15 is 0 Å². The van der Waals surface area contributed by atoms with Gasteiger partial charge in [-0.1, -0.05) is 74.0 Å². The standard InChI is InChI=1S/C58H85N9O13/c1-5-34-78-55(72)63-33-19-36-76-38-40-77-39-37-75-35-18-32-62-54(71)49(65-56(73)79-42-48-46-22-12-10-20-44(46)45-21-11-13-23-47(45)48)24-14-17-30-60-52(69)25-8-6-15-29-59-51(68)26-9-7-16-31-61-53(70)43-27-28-50(64-41-43)66-67-57(74)80-58(2,3)4/h5,10-13,20-23,27-28,41,48-49H,1,6-9,14-19,24-26,29-40,42H2,2-4H3,(H,59,68)(H,60,69)(H,61,70)(H,62,71)(H,63,72)(H,64,66)(H,65,73)(H,67,74)/t49-/m0/s1. The van der Waals surface area contributed by atoms with Crippen LogP contribution in [0, 0.1) is 0 Å². The molecular weight excluding hydrogens is 1030 g/mol. The molecule has 0 radical (unpaired) electrons. The number of alkyl carbamates (subject to hydrolysis) is 2. The third kappa shape index (κ3) is 27.5. The first-order chi connectivity index (χ1) is 38.7. The third-order valence-corrected chi connectivity index (χ3v) is 12.3. The van der Waals surface area contributed by atoms with Crippen LogP contribution in [0.2, 0.25) is 0 Å². The summed E-state index contributed by atoms with van der Waals surface area (Å²) in [6.45, 7) is 13.6. The molecule has 80 heavy (non-hydrogen) atoms. The van der Waals surface area contributed by atoms with Gasteiger partial charge < -0.3 is 60.3 Å². The Bertz CT molecular complexity index is 2320. The van der Waals surface area contributed by atoms with Crippen molar-refractivity contribution in [3.63, 3.8) is 0 Å². The number of unbranched alkanes of at least 4 members (excludes halogenated alkanes) is 5. The number of pyridine rings is 1. The van der Waals surface area contributed by atoms with Crippen LogP contribution in [0.3, 0.4) is 0 Å². The Hall–Kier alpha value is -7.30. The van der Waals surface area contributed by atoms with E-state index in [1.54, 1.807) is 32.9 Å². The molecule has 1 aliphatic rings. The predicted octanol–water partition coefficient (Wildman–Crippen LogP) is 6.95. The van der Waals surface area contributed by atoms with Gasteiger partial charge in [-0.3, -0.25) is 24.6 Å². The molecule has 0 aliphatic heterocycles. The van der Waals surface area contributed by atoms with Crippen molar-refractivity contribution >= 4 is 47.7 Å². The molecule has 2 aromatic carbocycles. The summed E-state index contributed by atoms with van der Waals surface area (Å²) in [5.74, 6) is -0.506. The Morgan fingerprint density at radius 2 is 1.14 bits per heavy atom. The number of rotatable bonds is 40. The van der Waals surface area contributed by atoms with Crippen LogP contribution in [0.15, 0.2) is 79.5 Å². The number of amides is 7. The summed E-state index contributed by atoms with van der Waals surface area (Å²) in [5.41, 5.74) is 9.14. The summed E-state index contributed by atoms with van der Waals surface area (Å²) >= 11 is 0. The van der Waals surface area contributed by atoms with E-state index in [2.05, 4.69) is 66.4 Å². The number of anilines is 1. The SMILES string of the molecule is C=CCOC(=O)NCCCOCCOCCOCCCNC(=O)[C@H](CCCCNC(=O)CCCCCNC(=O)CCCCCNC(=O)c1ccc(NNC(=O)OC(C)(C)C)nc1)NC(=O)OCC1c2ccccc2-c2ccccc21. The van der Waals surface area contributed by atoms with Crippen LogP contribution in [0.4, 0.5) is 20.2 Å². The fraction of sp³-hybridized carbons (Fsp3) is 0.552. The van der Waals surface area contributed by atoms with E-state index in [0.29, 0.717) is 148 Å². The van der Waals surface area contributed by atoms with Crippen molar-refractivity contribution in [2.45, 2.75) is 122 Å². The number of carbonyl (C=O) groups is 7. The molecule has 0 saturated carbocycles. The van der Waals surface area contributed by atoms with Gasteiger partial charge in [0.15, 0.2) is 0 Å². The normalized spacial score (nSPS) is 11.9. The fourth-order valence-electron chi connectivity index (χ4n) is 8.26. The van der Waals surface area contributed by atoms with Gasteiger partial charge in [-0.2, -0.15) is 0 Å². The van der Waals surface area contributed by atoms with E-state index in [9.17, 15) is 33.6 Å². The second-order valence-corrected chi connectivity index (χ2v) is 19.9. The average Bonchev–Trinajstić information content (AvgIpc) is 3.79. The number of hydrogen-bond acceptors (Lipinski definition) is 15. The molecule has 0 fully saturated rings. The first-order valence-corrected chi connectivity index (χ1v) is 27.9. The van der Waals surface area contributed by atoms with E-state index in [-0.39, 0.29) is 42.8 Å². The summed E-state index contributed by atoms with van der Waals surface area (Å²) in [6, 6.07) is 18.4. The van der Waals surface area contributed by atoms with Crippen LogP contribution in [0.5, 0.6) is 0 Å². The summed E-state index contributed by atoms with van der Waals surface area (Å²) < 4.78 is 32.5. The lowest BCUT2D eigenvalue weighted by Gasteiger charge is -2.20. The molecule has 7 amide bonds. The van der Waals surface area contributed by atoms with Gasteiger partial charge in [-0.15, -0.1) is 0 Å². The molecule has 1 aliphatic carbocycles. The number of hydrogen-bond donors (Lipinski definition) is 8. The van der Waals surface area contributed by atoms with E-state index in [0.717, 1.165) is 41.5 Å². The molecule has 1 atom stereocenters. The minimum Gasteiger partial charge on any atom is -0.449 e. The van der Waals surface area contributed by atoms with Crippen molar-refractivity contribution < 1.29 is 62.0 Å². The number of fused-ring (bicyclic) bond motifs is 3. The summed E-state index contributed by atoms with van der Waals surface area (Å²) in [4.78, 5) is 91.5. The first kappa shape index (κ1) is 65.2. The van der Waals surface area contributed by atoms with Gasteiger partial charge in [0.25, 0.3) is 5.91 Å². The second-order valence-electron chi connectivity index (χ2n) is 19.9. The number of hydrazine groups is 1. The molecule has 0 unspecified atom stereocenters. The Morgan fingerprint density at radius 1 is 0.588 bits per heavy atom. The van der Waals surface area contributed by atoms with Crippen molar-refractivity contribution in [1.82, 2.24) is 42.3 Å². The highest BCUT2D eigenvalue weighted by Gasteiger charge is 2.30. The molecule has 22 heteroatoms. The molecular formula is C58H85N9O13. The van der Waals surface area contributed by atoms with Crippen molar-refractivity contribution in [1.29, 1.82) is 0 Å². The largest absolute Gasteiger partial charge is 0.449 e. The average molecular weight is 1120 g/mol. The maximum Gasteiger partial charge on any atom is 0.426 e. The van der Waals surface area contributed by atoms with Crippen LogP contribution < -0.4 is 42.8 Å². The molecule has 8 N–H and O–H groups in total. The Labute approximate surface area is 470 Å². The molecule has 0 bridgehead atoms. The fourth-order valence-corrected chi connectivity index (χ4v) is 8.26. The number of aromatic nitrogens is 1. The number of nitrogens with one attached hydrogen (secondary N) is 8. The van der Waals surface area contributed by atoms with Crippen molar-refractivity contribution in [3.8, 4) is 11.1 Å². The number of nitrogens with zero attached hydrogens (tertiary/aromatic N) is 1. The maximum absolute atomic E-state index is 13.4. The summed E-state index contributed by atoms with van der Waals surface area (Å²) in [5, 5.41) is 17.1. The summed E-state index contributed by atoms with van der Waals surface area (Å²) in [7, 11) is 0. The molecule has 3 aromatic rings. The van der Waals surface area contributed by atoms with E-state index < -0.39 is 29.9 Å². The van der Waals surface area contributed by atoms with Gasteiger partial charge in [0.05, 0.1) is 32.0 Å². The van der Waals surface area contributed by atoms with Gasteiger partial charge >= 0.3 is 18.3 Å². The smallest absolute Gasteiger partial charge is 0.426 e. The third-order valence-electron chi connectivity index (χ3n) is 12.3. The minimum atomic E-state index is -0.856. The van der Waals surface area contributed by atoms with Crippen LogP contribution in [0.1, 0.15) is 132 Å². The van der Waals surface area contributed by atoms with E-state index in [1.165, 1.54) is 12.3 Å². The lowest BCUT2D eigenvalue weighted by molar-refractivity contribution is -0.123. The second kappa shape index (κ2) is 38.3. The van der Waals surface area contributed by atoms with Crippen LogP contribution in [0.25, 0.3) is 11.1 Å². The first-order valence-electron chi connectivity index (χ1n) is 27.9. The minimum absolute atomic E-state index is 0.0339. The van der Waals surface area contributed by atoms with Crippen LogP contribution >= 0.6 is 0 Å². The van der Waals surface area contributed by atoms with Gasteiger partial charge in [0.2, 0.25) is 17.7 Å². The zero-order valence-electron chi connectivity index (χ0n) is 46.9. The molecule has 440 valence electrons. The molecule has 1 aromatic heterocycles. The van der Waals surface area contributed by atoms with E-state index in [4.69, 9.17) is 28.4 Å². The zero-order chi connectivity index (χ0) is 57.6. The Morgan fingerprint density at radius 3 is 1.71 bits per heavy atom. The Balaban J connectivity index is 1.04. The topological polar surface area (TPSA) is 284 Å². The maximum atomic E-state index is 13.4. The number of carbonyl (C=O) groups excluding carboxylic acids is 7. The molecule has 1 heterocycles. The van der Waals surface area contributed by atoms with Gasteiger partial charge in [-0.05, 0) is 113 Å². The highest BCUT2D eigenvalue weighted by Crippen LogP contribution is 2.44. The van der Waals surface area contributed by atoms with Gasteiger partial charge in [-0.25, -0.2) is 24.8 Å². The molecule has 22 nitrogen and oxygen atoms in total. The lowest BCUT2D eigenvalue weighted by Crippen LogP contribution is -2.47. The van der Waals surface area contributed by atoms with Crippen molar-refractivity contribution in [2.75, 3.05) is 91.0 Å². The molecule has 0 spiro atoms. The quantitative estimate of drug-likeness (QED) is 0.0124. The van der Waals surface area contributed by atoms with Crippen LogP contribution in [-0.2, 0) is 42.8 Å². The van der Waals surface area contributed by atoms with Gasteiger partial charge in [0, 0.05) is 70.9 Å². The summed E-state index contributed by atoms with van der Waals surface area (Å²) in [6.07, 6.45) is 8.86. The zero-order valence-corrected chi connectivity index (χ0v) is 46.9.